The van der Waals surface area contributed by atoms with Gasteiger partial charge in [0.25, 0.3) is 0 Å². The minimum absolute atomic E-state index is 0.0508. The number of halogens is 1. The van der Waals surface area contributed by atoms with Crippen LogP contribution in [0.1, 0.15) is 69.4 Å². The minimum Gasteiger partial charge on any atom is -0.377 e. The van der Waals surface area contributed by atoms with E-state index in [1.807, 2.05) is 12.1 Å². The lowest BCUT2D eigenvalue weighted by atomic mass is 9.78. The average molecular weight is 304 g/mol. The van der Waals surface area contributed by atoms with E-state index in [2.05, 4.69) is 26.0 Å². The molecule has 2 heteroatoms. The maximum atomic E-state index is 14.4. The van der Waals surface area contributed by atoms with Gasteiger partial charge >= 0.3 is 0 Å². The molecule has 1 aromatic rings. The molecule has 122 valence electrons. The second-order valence-electron chi connectivity index (χ2n) is 6.36. The summed E-state index contributed by atoms with van der Waals surface area (Å²) in [6, 6.07) is 5.66. The number of allylic oxidation sites excluding steroid dienone is 2. The van der Waals surface area contributed by atoms with Crippen LogP contribution in [0.3, 0.4) is 0 Å². The van der Waals surface area contributed by atoms with Crippen molar-refractivity contribution < 1.29 is 9.13 Å². The van der Waals surface area contributed by atoms with Gasteiger partial charge in [-0.25, -0.2) is 4.39 Å². The molecule has 1 nitrogen and oxygen atoms in total. The highest BCUT2D eigenvalue weighted by atomic mass is 19.1. The van der Waals surface area contributed by atoms with Crippen LogP contribution in [0.4, 0.5) is 4.39 Å². The Morgan fingerprint density at radius 2 is 1.95 bits per heavy atom. The fourth-order valence-electron chi connectivity index (χ4n) is 3.28. The summed E-state index contributed by atoms with van der Waals surface area (Å²) in [4.78, 5) is 0. The molecule has 0 spiro atoms. The quantitative estimate of drug-likeness (QED) is 0.444. The molecule has 22 heavy (non-hydrogen) atoms. The van der Waals surface area contributed by atoms with Crippen LogP contribution in [-0.2, 0) is 11.3 Å². The zero-order chi connectivity index (χ0) is 15.8. The predicted molar refractivity (Wildman–Crippen MR) is 90.5 cm³/mol. The van der Waals surface area contributed by atoms with Crippen LogP contribution in [-0.4, -0.2) is 6.61 Å². The minimum atomic E-state index is -0.0508. The summed E-state index contributed by atoms with van der Waals surface area (Å²) < 4.78 is 19.9. The lowest BCUT2D eigenvalue weighted by Crippen LogP contribution is -2.13. The lowest BCUT2D eigenvalue weighted by molar-refractivity contribution is 0.121. The molecule has 1 aliphatic rings. The molecule has 2 rings (SSSR count). The molecule has 1 aromatic carbocycles. The van der Waals surface area contributed by atoms with Gasteiger partial charge in [-0.3, -0.25) is 0 Å². The number of rotatable bonds is 7. The van der Waals surface area contributed by atoms with Gasteiger partial charge < -0.3 is 4.74 Å². The van der Waals surface area contributed by atoms with E-state index in [1.165, 1.54) is 12.8 Å². The van der Waals surface area contributed by atoms with E-state index in [-0.39, 0.29) is 5.82 Å². The largest absolute Gasteiger partial charge is 0.377 e. The lowest BCUT2D eigenvalue weighted by Gasteiger charge is -2.27. The zero-order valence-corrected chi connectivity index (χ0v) is 14.0. The van der Waals surface area contributed by atoms with Crippen molar-refractivity contribution in [2.24, 2.45) is 5.92 Å². The summed E-state index contributed by atoms with van der Waals surface area (Å²) in [6.45, 7) is 5.50. The molecule has 0 radical (unpaired) electrons. The fourth-order valence-corrected chi connectivity index (χ4v) is 3.28. The van der Waals surface area contributed by atoms with Crippen LogP contribution in [0.15, 0.2) is 30.4 Å². The Kier molecular flexibility index (Phi) is 7.11. The Bertz CT molecular complexity index is 473. The summed E-state index contributed by atoms with van der Waals surface area (Å²) in [6.07, 6.45) is 11.3. The van der Waals surface area contributed by atoms with Crippen molar-refractivity contribution in [3.63, 3.8) is 0 Å². The molecule has 0 saturated heterocycles. The van der Waals surface area contributed by atoms with Crippen LogP contribution in [0.2, 0.25) is 0 Å². The highest BCUT2D eigenvalue weighted by Crippen LogP contribution is 2.37. The first-order chi connectivity index (χ1) is 10.7. The molecule has 0 aromatic heterocycles. The van der Waals surface area contributed by atoms with Crippen molar-refractivity contribution in [3.05, 3.63) is 47.3 Å². The summed E-state index contributed by atoms with van der Waals surface area (Å²) in [5.41, 5.74) is 1.84. The van der Waals surface area contributed by atoms with Gasteiger partial charge in [-0.15, -0.1) is 0 Å². The first kappa shape index (κ1) is 17.2. The molecule has 0 heterocycles. The summed E-state index contributed by atoms with van der Waals surface area (Å²) >= 11 is 0. The van der Waals surface area contributed by atoms with Crippen LogP contribution in [0.25, 0.3) is 0 Å². The Hall–Kier alpha value is -1.15. The van der Waals surface area contributed by atoms with E-state index in [0.717, 1.165) is 43.4 Å². The Morgan fingerprint density at radius 1 is 1.18 bits per heavy atom. The molecule has 0 atom stereocenters. The summed E-state index contributed by atoms with van der Waals surface area (Å²) in [7, 11) is 0. The molecule has 1 fully saturated rings. The van der Waals surface area contributed by atoms with Crippen molar-refractivity contribution in [2.75, 3.05) is 6.61 Å². The number of hydrogen-bond donors (Lipinski definition) is 0. The van der Waals surface area contributed by atoms with E-state index in [0.29, 0.717) is 18.4 Å². The average Bonchev–Trinajstić information content (AvgIpc) is 2.54. The van der Waals surface area contributed by atoms with Crippen molar-refractivity contribution in [1.82, 2.24) is 0 Å². The summed E-state index contributed by atoms with van der Waals surface area (Å²) in [5.74, 6) is 1.03. The number of ether oxygens (including phenoxy) is 1. The number of benzene rings is 1. The van der Waals surface area contributed by atoms with Gasteiger partial charge in [0, 0.05) is 6.61 Å². The third-order valence-corrected chi connectivity index (χ3v) is 4.54. The Balaban J connectivity index is 1.91. The Labute approximate surface area is 134 Å². The zero-order valence-electron chi connectivity index (χ0n) is 14.0. The molecule has 1 saturated carbocycles. The van der Waals surface area contributed by atoms with Gasteiger partial charge in [-0.2, -0.15) is 0 Å². The van der Waals surface area contributed by atoms with Gasteiger partial charge in [0.2, 0.25) is 0 Å². The van der Waals surface area contributed by atoms with Crippen molar-refractivity contribution >= 4 is 0 Å². The van der Waals surface area contributed by atoms with Crippen LogP contribution in [0.5, 0.6) is 0 Å². The summed E-state index contributed by atoms with van der Waals surface area (Å²) in [5, 5.41) is 0. The van der Waals surface area contributed by atoms with E-state index >= 15 is 0 Å². The third kappa shape index (κ3) is 4.95. The first-order valence-electron chi connectivity index (χ1n) is 8.77. The molecule has 0 aliphatic heterocycles. The maximum absolute atomic E-state index is 14.4. The van der Waals surface area contributed by atoms with E-state index in [4.69, 9.17) is 4.74 Å². The van der Waals surface area contributed by atoms with Crippen LogP contribution < -0.4 is 0 Å². The molecular weight excluding hydrogens is 275 g/mol. The van der Waals surface area contributed by atoms with Gasteiger partial charge in [0.05, 0.1) is 6.61 Å². The fraction of sp³-hybridized carbons (Fsp3) is 0.600. The van der Waals surface area contributed by atoms with E-state index in [9.17, 15) is 4.39 Å². The monoisotopic (exact) mass is 304 g/mol. The van der Waals surface area contributed by atoms with Crippen molar-refractivity contribution in [1.29, 1.82) is 0 Å². The molecular formula is C20H29FO. The normalized spacial score (nSPS) is 22.3. The van der Waals surface area contributed by atoms with E-state index < -0.39 is 0 Å². The first-order valence-corrected chi connectivity index (χ1v) is 8.77. The molecule has 1 aliphatic carbocycles. The van der Waals surface area contributed by atoms with Gasteiger partial charge in [-0.05, 0) is 67.6 Å². The smallest absolute Gasteiger partial charge is 0.127 e. The van der Waals surface area contributed by atoms with Crippen molar-refractivity contribution in [2.45, 2.75) is 64.9 Å². The van der Waals surface area contributed by atoms with Crippen molar-refractivity contribution in [3.8, 4) is 0 Å². The van der Waals surface area contributed by atoms with Gasteiger partial charge in [-0.1, -0.05) is 38.1 Å². The highest BCUT2D eigenvalue weighted by molar-refractivity contribution is 5.27. The number of hydrogen-bond acceptors (Lipinski definition) is 1. The third-order valence-electron chi connectivity index (χ3n) is 4.54. The Morgan fingerprint density at radius 3 is 2.59 bits per heavy atom. The molecule has 0 N–H and O–H groups in total. The van der Waals surface area contributed by atoms with Gasteiger partial charge in [0.1, 0.15) is 5.82 Å². The second-order valence-corrected chi connectivity index (χ2v) is 6.36. The molecule has 0 unspecified atom stereocenters. The second kappa shape index (κ2) is 9.09. The molecule has 0 amide bonds. The molecule has 0 bridgehead atoms. The van der Waals surface area contributed by atoms with Crippen LogP contribution in [0, 0.1) is 11.7 Å². The highest BCUT2D eigenvalue weighted by Gasteiger charge is 2.23. The topological polar surface area (TPSA) is 9.23 Å². The standard InChI is InChI=1S/C20H29FO/c1-3-5-6-16-7-10-18(11-8-16)19-12-9-17(14-20(19)21)15-22-13-4-2/h5-6,9,12,14,16,18H,3-4,7-8,10-11,13,15H2,1-2H3. The maximum Gasteiger partial charge on any atom is 0.127 e. The predicted octanol–water partition coefficient (Wildman–Crippen LogP) is 5.99. The van der Waals surface area contributed by atoms with E-state index in [1.54, 1.807) is 6.07 Å². The van der Waals surface area contributed by atoms with Crippen LogP contribution >= 0.6 is 0 Å². The SMILES string of the molecule is CCC=CC1CCC(c2ccc(COCCC)cc2F)CC1. The van der Waals surface area contributed by atoms with Gasteiger partial charge in [0.15, 0.2) is 0 Å².